The minimum absolute atomic E-state index is 1.14. The van der Waals surface area contributed by atoms with Gasteiger partial charge in [-0.05, 0) is 0 Å². The first kappa shape index (κ1) is 8.41. The van der Waals surface area contributed by atoms with Crippen LogP contribution in [0, 0.1) is 0 Å². The van der Waals surface area contributed by atoms with Crippen LogP contribution >= 0.6 is 0 Å². The lowest BCUT2D eigenvalue weighted by Crippen LogP contribution is -2.55. The number of hydrogen-bond acceptors (Lipinski definition) is 6. The third-order valence-corrected chi connectivity index (χ3v) is 1.44. The van der Waals surface area contributed by atoms with Gasteiger partial charge in [0.1, 0.15) is 12.2 Å². The Balaban J connectivity index is 2.70. The van der Waals surface area contributed by atoms with Gasteiger partial charge in [0.25, 0.3) is 0 Å². The van der Waals surface area contributed by atoms with E-state index >= 15 is 0 Å². The molecule has 1 aliphatic heterocycles. The van der Waals surface area contributed by atoms with E-state index in [2.05, 4.69) is 4.74 Å². The predicted molar refractivity (Wildman–Crippen MR) is 30.1 cm³/mol. The number of aliphatic hydroxyl groups is 4. The highest BCUT2D eigenvalue weighted by Gasteiger charge is 2.42. The largest absolute Gasteiger partial charge is 0.431 e. The number of hydrogen-bond donors (Lipinski definition) is 4. The average Bonchev–Trinajstić information content (AvgIpc) is 1.97. The Kier molecular flexibility index (Phi) is 2.10. The van der Waals surface area contributed by atoms with E-state index in [9.17, 15) is 4.79 Å². The summed E-state index contributed by atoms with van der Waals surface area (Å²) in [6, 6.07) is 0. The molecule has 0 bridgehead atoms. The summed E-state index contributed by atoms with van der Waals surface area (Å²) >= 11 is 0. The molecule has 0 amide bonds. The molecule has 0 aromatic carbocycles. The molecule has 4 unspecified atom stereocenters. The summed E-state index contributed by atoms with van der Waals surface area (Å²) in [6.45, 7) is 0. The minimum Gasteiger partial charge on any atom is -0.431 e. The van der Waals surface area contributed by atoms with Gasteiger partial charge in [0, 0.05) is 0 Å². The van der Waals surface area contributed by atoms with Crippen molar-refractivity contribution in [3.05, 3.63) is 0 Å². The van der Waals surface area contributed by atoms with E-state index in [4.69, 9.17) is 20.4 Å². The zero-order valence-corrected chi connectivity index (χ0v) is 5.41. The molecule has 4 atom stereocenters. The van der Waals surface area contributed by atoms with E-state index in [-0.39, 0.29) is 0 Å². The summed E-state index contributed by atoms with van der Waals surface area (Å²) in [6.07, 6.45) is -6.89. The first-order chi connectivity index (χ1) is 5.04. The molecule has 0 radical (unpaired) electrons. The van der Waals surface area contributed by atoms with Crippen LogP contribution < -0.4 is 0 Å². The predicted octanol–water partition coefficient (Wildman–Crippen LogP) is -3.06. The highest BCUT2D eigenvalue weighted by atomic mass is 16.7. The maximum Gasteiger partial charge on any atom is 0.340 e. The van der Waals surface area contributed by atoms with Gasteiger partial charge in [-0.3, -0.25) is 0 Å². The SMILES string of the molecule is O=C1OC(O)C(O)C(O)C1O. The highest BCUT2D eigenvalue weighted by Crippen LogP contribution is 2.14. The second kappa shape index (κ2) is 2.74. The summed E-state index contributed by atoms with van der Waals surface area (Å²) in [5.74, 6) is -1.14. The topological polar surface area (TPSA) is 107 Å². The molecule has 1 rings (SSSR count). The lowest BCUT2D eigenvalue weighted by Gasteiger charge is -2.30. The molecule has 0 aromatic heterocycles. The molecule has 1 heterocycles. The van der Waals surface area contributed by atoms with E-state index in [1.807, 2.05) is 0 Å². The summed E-state index contributed by atoms with van der Waals surface area (Å²) in [5.41, 5.74) is 0. The van der Waals surface area contributed by atoms with Crippen LogP contribution in [0.5, 0.6) is 0 Å². The number of cyclic esters (lactones) is 1. The molecule has 4 N–H and O–H groups in total. The molecule has 6 nitrogen and oxygen atoms in total. The molecule has 1 saturated heterocycles. The molecule has 64 valence electrons. The summed E-state index contributed by atoms with van der Waals surface area (Å²) < 4.78 is 4.04. The van der Waals surface area contributed by atoms with Gasteiger partial charge in [0.15, 0.2) is 6.10 Å². The highest BCUT2D eigenvalue weighted by molar-refractivity contribution is 5.76. The molecule has 1 fully saturated rings. The van der Waals surface area contributed by atoms with Crippen LogP contribution in [0.4, 0.5) is 0 Å². The standard InChI is InChI=1S/C5H8O6/c6-1-2(7)4(9)11-5(10)3(1)8/h1-4,6-9H. The van der Waals surface area contributed by atoms with Gasteiger partial charge in [0.2, 0.25) is 6.29 Å². The number of ether oxygens (including phenoxy) is 1. The van der Waals surface area contributed by atoms with Crippen LogP contribution in [-0.2, 0) is 9.53 Å². The third kappa shape index (κ3) is 1.33. The Morgan fingerprint density at radius 3 is 2.18 bits per heavy atom. The summed E-state index contributed by atoms with van der Waals surface area (Å²) in [5, 5.41) is 35.0. The number of rotatable bonds is 0. The van der Waals surface area contributed by atoms with Gasteiger partial charge in [-0.2, -0.15) is 0 Å². The molecule has 0 aliphatic carbocycles. The van der Waals surface area contributed by atoms with E-state index in [0.717, 1.165) is 0 Å². The van der Waals surface area contributed by atoms with Gasteiger partial charge in [-0.1, -0.05) is 0 Å². The zero-order valence-electron chi connectivity index (χ0n) is 5.41. The van der Waals surface area contributed by atoms with Crippen molar-refractivity contribution in [2.75, 3.05) is 0 Å². The van der Waals surface area contributed by atoms with Crippen molar-refractivity contribution in [2.45, 2.75) is 24.6 Å². The van der Waals surface area contributed by atoms with Gasteiger partial charge in [-0.25, -0.2) is 4.79 Å². The number of esters is 1. The Morgan fingerprint density at radius 1 is 1.09 bits per heavy atom. The van der Waals surface area contributed by atoms with Crippen molar-refractivity contribution in [2.24, 2.45) is 0 Å². The van der Waals surface area contributed by atoms with Crippen molar-refractivity contribution in [1.29, 1.82) is 0 Å². The fraction of sp³-hybridized carbons (Fsp3) is 0.800. The molecule has 1 aliphatic rings. The van der Waals surface area contributed by atoms with Crippen LogP contribution in [-0.4, -0.2) is 51.0 Å². The van der Waals surface area contributed by atoms with Crippen LogP contribution in [0.1, 0.15) is 0 Å². The fourth-order valence-electron chi connectivity index (χ4n) is 0.753. The van der Waals surface area contributed by atoms with E-state index in [1.165, 1.54) is 0 Å². The lowest BCUT2D eigenvalue weighted by atomic mass is 10.1. The van der Waals surface area contributed by atoms with Crippen molar-refractivity contribution < 1.29 is 30.0 Å². The normalized spacial score (nSPS) is 45.3. The smallest absolute Gasteiger partial charge is 0.340 e. The zero-order chi connectivity index (χ0) is 8.59. The van der Waals surface area contributed by atoms with Gasteiger partial charge in [-0.15, -0.1) is 0 Å². The fourth-order valence-corrected chi connectivity index (χ4v) is 0.753. The monoisotopic (exact) mass is 164 g/mol. The Labute approximate surface area is 61.6 Å². The van der Waals surface area contributed by atoms with E-state index < -0.39 is 30.6 Å². The first-order valence-electron chi connectivity index (χ1n) is 2.97. The molecule has 0 aromatic rings. The number of carbonyl (C=O) groups is 1. The second-order valence-electron chi connectivity index (χ2n) is 2.25. The Morgan fingerprint density at radius 2 is 1.64 bits per heavy atom. The summed E-state index contributed by atoms with van der Waals surface area (Å²) in [4.78, 5) is 10.5. The van der Waals surface area contributed by atoms with Gasteiger partial charge in [0.05, 0.1) is 0 Å². The van der Waals surface area contributed by atoms with Crippen LogP contribution in [0.15, 0.2) is 0 Å². The second-order valence-corrected chi connectivity index (χ2v) is 2.25. The van der Waals surface area contributed by atoms with Crippen molar-refractivity contribution in [3.8, 4) is 0 Å². The van der Waals surface area contributed by atoms with Crippen LogP contribution in [0.2, 0.25) is 0 Å². The van der Waals surface area contributed by atoms with Gasteiger partial charge < -0.3 is 25.2 Å². The Hall–Kier alpha value is -0.690. The first-order valence-corrected chi connectivity index (χ1v) is 2.97. The minimum atomic E-state index is -1.78. The number of aliphatic hydroxyl groups excluding tert-OH is 4. The van der Waals surface area contributed by atoms with Crippen molar-refractivity contribution in [3.63, 3.8) is 0 Å². The number of carbonyl (C=O) groups excluding carboxylic acids is 1. The van der Waals surface area contributed by atoms with E-state index in [0.29, 0.717) is 0 Å². The van der Waals surface area contributed by atoms with Crippen molar-refractivity contribution in [1.82, 2.24) is 0 Å². The molecule has 6 heteroatoms. The van der Waals surface area contributed by atoms with Crippen LogP contribution in [0.3, 0.4) is 0 Å². The lowest BCUT2D eigenvalue weighted by molar-refractivity contribution is -0.241. The molecule has 0 saturated carbocycles. The van der Waals surface area contributed by atoms with Crippen LogP contribution in [0.25, 0.3) is 0 Å². The molecule has 11 heavy (non-hydrogen) atoms. The summed E-state index contributed by atoms with van der Waals surface area (Å²) in [7, 11) is 0. The Bertz CT molecular complexity index is 168. The molecular formula is C5H8O6. The quantitative estimate of drug-likeness (QED) is 0.283. The third-order valence-electron chi connectivity index (χ3n) is 1.44. The average molecular weight is 164 g/mol. The molecular weight excluding hydrogens is 156 g/mol. The maximum atomic E-state index is 10.5. The van der Waals surface area contributed by atoms with Crippen molar-refractivity contribution >= 4 is 5.97 Å². The van der Waals surface area contributed by atoms with E-state index in [1.54, 1.807) is 0 Å². The molecule has 0 spiro atoms. The van der Waals surface area contributed by atoms with Gasteiger partial charge >= 0.3 is 5.97 Å². The maximum absolute atomic E-state index is 10.5.